The fourth-order valence-corrected chi connectivity index (χ4v) is 6.21. The molecule has 0 unspecified atom stereocenters. The molecule has 4 heterocycles. The molecule has 0 N–H and O–H groups in total. The molecule has 1 saturated heterocycles. The van der Waals surface area contributed by atoms with E-state index in [9.17, 15) is 0 Å². The van der Waals surface area contributed by atoms with E-state index in [0.717, 1.165) is 17.9 Å². The van der Waals surface area contributed by atoms with Gasteiger partial charge in [-0.1, -0.05) is 55.1 Å². The zero-order chi connectivity index (χ0) is 20.8. The molecule has 2 aromatic heterocycles. The van der Waals surface area contributed by atoms with Crippen LogP contribution in [-0.2, 0) is 0 Å². The monoisotopic (exact) mass is 424 g/mol. The highest BCUT2D eigenvalue weighted by atomic mass is 32.2. The average Bonchev–Trinajstić information content (AvgIpc) is 3.54. The van der Waals surface area contributed by atoms with Crippen LogP contribution in [0.2, 0.25) is 0 Å². The molecule has 0 spiro atoms. The van der Waals surface area contributed by atoms with E-state index in [2.05, 4.69) is 89.3 Å². The summed E-state index contributed by atoms with van der Waals surface area (Å²) in [6, 6.07) is 26.5. The third-order valence-corrected chi connectivity index (χ3v) is 7.55. The van der Waals surface area contributed by atoms with Gasteiger partial charge in [0.25, 0.3) is 0 Å². The van der Waals surface area contributed by atoms with E-state index in [1.54, 1.807) is 0 Å². The minimum Gasteiger partial charge on any atom is -0.337 e. The third-order valence-electron chi connectivity index (χ3n) is 6.42. The first-order valence-electron chi connectivity index (χ1n) is 10.9. The molecular weight excluding hydrogens is 400 g/mol. The third kappa shape index (κ3) is 3.07. The topological polar surface area (TPSA) is 33.4 Å². The van der Waals surface area contributed by atoms with Gasteiger partial charge >= 0.3 is 0 Å². The molecule has 31 heavy (non-hydrogen) atoms. The lowest BCUT2D eigenvalue weighted by Gasteiger charge is -2.32. The van der Waals surface area contributed by atoms with Crippen molar-refractivity contribution >= 4 is 27.7 Å². The number of aromatic nitrogens is 2. The normalized spacial score (nSPS) is 22.7. The average molecular weight is 425 g/mol. The zero-order valence-corrected chi connectivity index (χ0v) is 18.2. The lowest BCUT2D eigenvalue weighted by Crippen LogP contribution is -2.36. The van der Waals surface area contributed by atoms with Crippen molar-refractivity contribution in [2.45, 2.75) is 31.5 Å². The van der Waals surface area contributed by atoms with Crippen molar-refractivity contribution < 1.29 is 0 Å². The number of hydrogen-bond acceptors (Lipinski definition) is 4. The van der Waals surface area contributed by atoms with Crippen molar-refractivity contribution in [3.05, 3.63) is 96.6 Å². The SMILES string of the molecule is CC[C@H]1CSC2=N[C@@H](c3ccccn3)[C@@H](c3cccn3-c3ccc4ccccc4c3)N21. The number of hydrogen-bond donors (Lipinski definition) is 0. The number of amidine groups is 1. The Morgan fingerprint density at radius 3 is 2.68 bits per heavy atom. The van der Waals surface area contributed by atoms with Gasteiger partial charge < -0.3 is 9.47 Å². The first kappa shape index (κ1) is 18.7. The summed E-state index contributed by atoms with van der Waals surface area (Å²) in [5.41, 5.74) is 3.49. The number of nitrogens with zero attached hydrogens (tertiary/aromatic N) is 4. The highest BCUT2D eigenvalue weighted by molar-refractivity contribution is 8.14. The zero-order valence-electron chi connectivity index (χ0n) is 17.4. The van der Waals surface area contributed by atoms with Gasteiger partial charge in [-0.3, -0.25) is 9.98 Å². The van der Waals surface area contributed by atoms with Crippen molar-refractivity contribution in [3.8, 4) is 5.69 Å². The van der Waals surface area contributed by atoms with Gasteiger partial charge in [-0.15, -0.1) is 0 Å². The molecule has 0 bridgehead atoms. The largest absolute Gasteiger partial charge is 0.337 e. The summed E-state index contributed by atoms with van der Waals surface area (Å²) in [5.74, 6) is 1.11. The van der Waals surface area contributed by atoms with Gasteiger partial charge in [0.15, 0.2) is 5.17 Å². The first-order chi connectivity index (χ1) is 15.3. The van der Waals surface area contributed by atoms with E-state index in [-0.39, 0.29) is 12.1 Å². The maximum absolute atomic E-state index is 5.17. The molecule has 1 fully saturated rings. The molecule has 6 rings (SSSR count). The maximum atomic E-state index is 5.17. The van der Waals surface area contributed by atoms with Crippen LogP contribution in [0.1, 0.15) is 36.8 Å². The molecule has 4 aromatic rings. The quantitative estimate of drug-likeness (QED) is 0.403. The summed E-state index contributed by atoms with van der Waals surface area (Å²) in [6.45, 7) is 2.28. The molecule has 2 aliphatic heterocycles. The molecule has 0 saturated carbocycles. The number of aliphatic imine (C=N–C) groups is 1. The van der Waals surface area contributed by atoms with Gasteiger partial charge in [0, 0.05) is 35.6 Å². The summed E-state index contributed by atoms with van der Waals surface area (Å²) >= 11 is 1.89. The summed E-state index contributed by atoms with van der Waals surface area (Å²) in [4.78, 5) is 12.4. The number of thioether (sulfide) groups is 1. The van der Waals surface area contributed by atoms with Crippen molar-refractivity contribution in [2.75, 3.05) is 5.75 Å². The van der Waals surface area contributed by atoms with Crippen molar-refractivity contribution in [2.24, 2.45) is 4.99 Å². The van der Waals surface area contributed by atoms with Gasteiger partial charge in [-0.25, -0.2) is 0 Å². The van der Waals surface area contributed by atoms with Gasteiger partial charge in [0.1, 0.15) is 12.1 Å². The highest BCUT2D eigenvalue weighted by Gasteiger charge is 2.46. The summed E-state index contributed by atoms with van der Waals surface area (Å²) in [7, 11) is 0. The van der Waals surface area contributed by atoms with Crippen molar-refractivity contribution in [3.63, 3.8) is 0 Å². The lowest BCUT2D eigenvalue weighted by molar-refractivity contribution is 0.249. The van der Waals surface area contributed by atoms with Crippen LogP contribution in [0.25, 0.3) is 16.5 Å². The molecule has 0 radical (unpaired) electrons. The van der Waals surface area contributed by atoms with Gasteiger partial charge in [-0.05, 0) is 53.6 Å². The molecule has 2 aromatic carbocycles. The summed E-state index contributed by atoms with van der Waals surface area (Å²) in [6.07, 6.45) is 5.17. The Morgan fingerprint density at radius 1 is 0.968 bits per heavy atom. The molecule has 2 aliphatic rings. The van der Waals surface area contributed by atoms with E-state index >= 15 is 0 Å². The number of benzene rings is 2. The molecule has 4 nitrogen and oxygen atoms in total. The Morgan fingerprint density at radius 2 is 1.84 bits per heavy atom. The molecule has 154 valence electrons. The van der Waals surface area contributed by atoms with Crippen LogP contribution in [0.5, 0.6) is 0 Å². The van der Waals surface area contributed by atoms with Crippen LogP contribution in [0.3, 0.4) is 0 Å². The van der Waals surface area contributed by atoms with Gasteiger partial charge in [-0.2, -0.15) is 0 Å². The molecule has 3 atom stereocenters. The van der Waals surface area contributed by atoms with Crippen LogP contribution in [-0.4, -0.2) is 31.4 Å². The predicted octanol–water partition coefficient (Wildman–Crippen LogP) is 6.00. The van der Waals surface area contributed by atoms with Gasteiger partial charge in [0.05, 0.1) is 5.69 Å². The molecule has 0 aliphatic carbocycles. The number of rotatable bonds is 4. The number of fused-ring (bicyclic) bond motifs is 2. The second kappa shape index (κ2) is 7.57. The fourth-order valence-electron chi connectivity index (χ4n) is 4.87. The van der Waals surface area contributed by atoms with E-state index < -0.39 is 0 Å². The van der Waals surface area contributed by atoms with Crippen LogP contribution >= 0.6 is 11.8 Å². The molecule has 0 amide bonds. The Labute approximate surface area is 186 Å². The van der Waals surface area contributed by atoms with Crippen molar-refractivity contribution in [1.82, 2.24) is 14.5 Å². The minimum absolute atomic E-state index is 0.00663. The Balaban J connectivity index is 1.48. The van der Waals surface area contributed by atoms with E-state index in [4.69, 9.17) is 9.98 Å². The minimum atomic E-state index is 0.00663. The number of pyridine rings is 1. The van der Waals surface area contributed by atoms with Crippen LogP contribution < -0.4 is 0 Å². The summed E-state index contributed by atoms with van der Waals surface area (Å²) < 4.78 is 2.33. The predicted molar refractivity (Wildman–Crippen MR) is 129 cm³/mol. The van der Waals surface area contributed by atoms with Gasteiger partial charge in [0.2, 0.25) is 0 Å². The second-order valence-corrected chi connectivity index (χ2v) is 9.16. The van der Waals surface area contributed by atoms with Crippen molar-refractivity contribution in [1.29, 1.82) is 0 Å². The van der Waals surface area contributed by atoms with Crippen LogP contribution in [0.15, 0.2) is 90.2 Å². The fraction of sp³-hybridized carbons (Fsp3) is 0.231. The smallest absolute Gasteiger partial charge is 0.160 e. The van der Waals surface area contributed by atoms with Crippen LogP contribution in [0.4, 0.5) is 0 Å². The van der Waals surface area contributed by atoms with E-state index in [0.29, 0.717) is 6.04 Å². The second-order valence-electron chi connectivity index (χ2n) is 8.17. The Kier molecular flexibility index (Phi) is 4.57. The molecule has 5 heteroatoms. The Bertz CT molecular complexity index is 1260. The van der Waals surface area contributed by atoms with Crippen LogP contribution in [0, 0.1) is 0 Å². The lowest BCUT2D eigenvalue weighted by atomic mass is 9.99. The summed E-state index contributed by atoms with van der Waals surface area (Å²) in [5, 5.41) is 3.69. The molecular formula is C26H24N4S. The highest BCUT2D eigenvalue weighted by Crippen LogP contribution is 2.48. The first-order valence-corrected chi connectivity index (χ1v) is 11.9. The Hall–Kier alpha value is -3.05. The standard InChI is InChI=1S/C26H24N4S/c1-2-20-17-31-26-28-24(22-10-5-6-14-27-22)25(30(20)26)23-11-7-15-29(23)21-13-12-18-8-3-4-9-19(18)16-21/h3-16,20,24-25H,2,17H2,1H3/t20-,24-,25+/m0/s1. The maximum Gasteiger partial charge on any atom is 0.160 e. The van der Waals surface area contributed by atoms with E-state index in [1.807, 2.05) is 24.0 Å². The van der Waals surface area contributed by atoms with E-state index in [1.165, 1.54) is 27.3 Å².